The van der Waals surface area contributed by atoms with E-state index in [1.54, 1.807) is 6.07 Å². The van der Waals surface area contributed by atoms with E-state index in [1.807, 2.05) is 49.1 Å². The van der Waals surface area contributed by atoms with E-state index in [2.05, 4.69) is 17.1 Å². The Labute approximate surface area is 181 Å². The zero-order valence-electron chi connectivity index (χ0n) is 17.5. The number of rotatable bonds is 6. The first kappa shape index (κ1) is 20.5. The number of nitrogens with zero attached hydrogens (tertiary/aromatic N) is 2. The number of carbonyl (C=O) groups is 1. The van der Waals surface area contributed by atoms with E-state index in [0.717, 1.165) is 41.5 Å². The summed E-state index contributed by atoms with van der Waals surface area (Å²) in [5, 5.41) is 18.8. The van der Waals surface area contributed by atoms with Gasteiger partial charge in [0.1, 0.15) is 17.1 Å². The molecule has 0 spiro atoms. The summed E-state index contributed by atoms with van der Waals surface area (Å²) in [6.07, 6.45) is 3.09. The largest absolute Gasteiger partial charge is 0.507 e. The SMILES string of the molecule is CCCCCN1C(=O)c2[nH]nc(-c3c(C)cc(C)cc3O)c2C1c1ccc(Cl)cc1. The zero-order chi connectivity index (χ0) is 21.4. The highest BCUT2D eigenvalue weighted by atomic mass is 35.5. The first-order chi connectivity index (χ1) is 14.4. The number of H-pyrrole nitrogens is 1. The van der Waals surface area contributed by atoms with Crippen LogP contribution in [0.1, 0.15) is 65.0 Å². The van der Waals surface area contributed by atoms with Crippen molar-refractivity contribution in [2.45, 2.75) is 46.1 Å². The van der Waals surface area contributed by atoms with E-state index in [1.165, 1.54) is 0 Å². The quantitative estimate of drug-likeness (QED) is 0.493. The summed E-state index contributed by atoms with van der Waals surface area (Å²) in [6.45, 7) is 6.72. The van der Waals surface area contributed by atoms with Crippen LogP contribution >= 0.6 is 11.6 Å². The minimum Gasteiger partial charge on any atom is -0.507 e. The maximum atomic E-state index is 13.3. The number of carbonyl (C=O) groups excluding carboxylic acids is 1. The summed E-state index contributed by atoms with van der Waals surface area (Å²) >= 11 is 6.12. The molecule has 0 saturated heterocycles. The van der Waals surface area contributed by atoms with Gasteiger partial charge in [-0.3, -0.25) is 9.89 Å². The molecule has 1 aliphatic rings. The summed E-state index contributed by atoms with van der Waals surface area (Å²) in [5.74, 6) is 0.123. The molecule has 2 heterocycles. The third kappa shape index (κ3) is 3.47. The minimum absolute atomic E-state index is 0.0518. The van der Waals surface area contributed by atoms with Gasteiger partial charge in [-0.05, 0) is 55.2 Å². The molecule has 0 aliphatic carbocycles. The number of fused-ring (bicyclic) bond motifs is 1. The van der Waals surface area contributed by atoms with Gasteiger partial charge < -0.3 is 10.0 Å². The molecule has 1 amide bonds. The van der Waals surface area contributed by atoms with Crippen LogP contribution in [0, 0.1) is 13.8 Å². The van der Waals surface area contributed by atoms with Crippen LogP contribution in [0.3, 0.4) is 0 Å². The number of amides is 1. The number of aromatic hydroxyl groups is 1. The lowest BCUT2D eigenvalue weighted by Gasteiger charge is -2.26. The Morgan fingerprint density at radius 1 is 1.17 bits per heavy atom. The summed E-state index contributed by atoms with van der Waals surface area (Å²) < 4.78 is 0. The number of halogens is 1. The molecule has 3 aromatic rings. The zero-order valence-corrected chi connectivity index (χ0v) is 18.3. The molecule has 1 atom stereocenters. The van der Waals surface area contributed by atoms with E-state index in [9.17, 15) is 9.90 Å². The number of unbranched alkanes of at least 4 members (excludes halogenated alkanes) is 2. The maximum absolute atomic E-state index is 13.3. The van der Waals surface area contributed by atoms with Crippen molar-refractivity contribution in [1.29, 1.82) is 0 Å². The van der Waals surface area contributed by atoms with Crippen molar-refractivity contribution in [3.63, 3.8) is 0 Å². The van der Waals surface area contributed by atoms with Crippen LogP contribution in [0.2, 0.25) is 5.02 Å². The highest BCUT2D eigenvalue weighted by Gasteiger charge is 2.42. The van der Waals surface area contributed by atoms with Gasteiger partial charge >= 0.3 is 0 Å². The predicted molar refractivity (Wildman–Crippen MR) is 119 cm³/mol. The molecule has 0 fully saturated rings. The average Bonchev–Trinajstić information content (AvgIpc) is 3.22. The number of phenolic OH excluding ortho intramolecular Hbond substituents is 1. The monoisotopic (exact) mass is 423 g/mol. The molecule has 2 aromatic carbocycles. The van der Waals surface area contributed by atoms with Crippen LogP contribution in [-0.2, 0) is 0 Å². The molecule has 4 rings (SSSR count). The van der Waals surface area contributed by atoms with Gasteiger partial charge in [0.15, 0.2) is 0 Å². The number of hydrogen-bond acceptors (Lipinski definition) is 3. The van der Waals surface area contributed by atoms with Gasteiger partial charge in [0.2, 0.25) is 0 Å². The van der Waals surface area contributed by atoms with Gasteiger partial charge in [0.25, 0.3) is 5.91 Å². The number of aryl methyl sites for hydroxylation is 2. The topological polar surface area (TPSA) is 69.2 Å². The number of aromatic nitrogens is 2. The van der Waals surface area contributed by atoms with Crippen LogP contribution in [0.15, 0.2) is 36.4 Å². The minimum atomic E-state index is -0.268. The standard InChI is InChI=1S/C24H26ClN3O2/c1-4-5-6-11-28-23(16-7-9-17(25)10-8-16)20-21(26-27-22(20)24(28)30)19-15(3)12-14(2)13-18(19)29/h7-10,12-13,23,29H,4-6,11H2,1-3H3,(H,26,27). The van der Waals surface area contributed by atoms with E-state index in [-0.39, 0.29) is 17.7 Å². The molecule has 0 saturated carbocycles. The van der Waals surface area contributed by atoms with Gasteiger partial charge in [-0.25, -0.2) is 0 Å². The molecule has 30 heavy (non-hydrogen) atoms. The van der Waals surface area contributed by atoms with Gasteiger partial charge in [0, 0.05) is 22.7 Å². The van der Waals surface area contributed by atoms with Crippen molar-refractivity contribution >= 4 is 17.5 Å². The molecule has 0 radical (unpaired) electrons. The molecular weight excluding hydrogens is 398 g/mol. The molecule has 2 N–H and O–H groups in total. The highest BCUT2D eigenvalue weighted by Crippen LogP contribution is 2.45. The molecular formula is C24H26ClN3O2. The molecule has 1 aliphatic heterocycles. The fourth-order valence-corrected chi connectivity index (χ4v) is 4.52. The highest BCUT2D eigenvalue weighted by molar-refractivity contribution is 6.30. The second kappa shape index (κ2) is 8.15. The lowest BCUT2D eigenvalue weighted by atomic mass is 9.93. The lowest BCUT2D eigenvalue weighted by Crippen LogP contribution is -2.30. The Kier molecular flexibility index (Phi) is 5.56. The first-order valence-electron chi connectivity index (χ1n) is 10.4. The Bertz CT molecular complexity index is 1070. The van der Waals surface area contributed by atoms with Crippen molar-refractivity contribution in [3.05, 3.63) is 69.4 Å². The van der Waals surface area contributed by atoms with Crippen LogP contribution in [0.5, 0.6) is 5.75 Å². The van der Waals surface area contributed by atoms with E-state index in [4.69, 9.17) is 11.6 Å². The Morgan fingerprint density at radius 3 is 2.57 bits per heavy atom. The van der Waals surface area contributed by atoms with Gasteiger partial charge in [-0.15, -0.1) is 0 Å². The van der Waals surface area contributed by atoms with E-state index < -0.39 is 0 Å². The van der Waals surface area contributed by atoms with Crippen molar-refractivity contribution < 1.29 is 9.90 Å². The van der Waals surface area contributed by atoms with E-state index >= 15 is 0 Å². The molecule has 5 nitrogen and oxygen atoms in total. The van der Waals surface area contributed by atoms with Crippen molar-refractivity contribution in [2.24, 2.45) is 0 Å². The Morgan fingerprint density at radius 2 is 1.90 bits per heavy atom. The van der Waals surface area contributed by atoms with Crippen LogP contribution in [-0.4, -0.2) is 32.7 Å². The summed E-state index contributed by atoms with van der Waals surface area (Å²) in [6, 6.07) is 11.1. The summed E-state index contributed by atoms with van der Waals surface area (Å²) in [4.78, 5) is 15.2. The van der Waals surface area contributed by atoms with E-state index in [0.29, 0.717) is 28.5 Å². The fourth-order valence-electron chi connectivity index (χ4n) is 4.39. The smallest absolute Gasteiger partial charge is 0.273 e. The second-order valence-electron chi connectivity index (χ2n) is 8.00. The second-order valence-corrected chi connectivity index (χ2v) is 8.43. The molecule has 0 bridgehead atoms. The van der Waals surface area contributed by atoms with Crippen molar-refractivity contribution in [1.82, 2.24) is 15.1 Å². The van der Waals surface area contributed by atoms with Crippen molar-refractivity contribution in [2.75, 3.05) is 6.54 Å². The molecule has 1 aromatic heterocycles. The Hall–Kier alpha value is -2.79. The predicted octanol–water partition coefficient (Wildman–Crippen LogP) is 5.79. The van der Waals surface area contributed by atoms with Gasteiger partial charge in [-0.1, -0.05) is 49.6 Å². The number of nitrogens with one attached hydrogen (secondary N) is 1. The number of phenols is 1. The normalized spacial score (nSPS) is 15.7. The van der Waals surface area contributed by atoms with Gasteiger partial charge in [0.05, 0.1) is 6.04 Å². The number of benzene rings is 2. The molecule has 156 valence electrons. The first-order valence-corrected chi connectivity index (χ1v) is 10.8. The van der Waals surface area contributed by atoms with Crippen molar-refractivity contribution in [3.8, 4) is 17.0 Å². The summed E-state index contributed by atoms with van der Waals surface area (Å²) in [5.41, 5.74) is 5.50. The maximum Gasteiger partial charge on any atom is 0.273 e. The average molecular weight is 424 g/mol. The third-order valence-corrected chi connectivity index (χ3v) is 6.00. The number of hydrogen-bond donors (Lipinski definition) is 2. The van der Waals surface area contributed by atoms with Crippen LogP contribution < -0.4 is 0 Å². The summed E-state index contributed by atoms with van der Waals surface area (Å²) in [7, 11) is 0. The number of aromatic amines is 1. The molecule has 1 unspecified atom stereocenters. The van der Waals surface area contributed by atoms with Crippen LogP contribution in [0.4, 0.5) is 0 Å². The molecule has 6 heteroatoms. The van der Waals surface area contributed by atoms with Crippen LogP contribution in [0.25, 0.3) is 11.3 Å². The third-order valence-electron chi connectivity index (χ3n) is 5.75. The van der Waals surface area contributed by atoms with Gasteiger partial charge in [-0.2, -0.15) is 5.10 Å². The Balaban J connectivity index is 1.87. The lowest BCUT2D eigenvalue weighted by molar-refractivity contribution is 0.0740. The fraction of sp³-hybridized carbons (Fsp3) is 0.333.